The van der Waals surface area contributed by atoms with Gasteiger partial charge >= 0.3 is 0 Å². The van der Waals surface area contributed by atoms with E-state index in [-0.39, 0.29) is 5.91 Å². The lowest BCUT2D eigenvalue weighted by molar-refractivity contribution is 0.0954. The van der Waals surface area contributed by atoms with E-state index in [1.54, 1.807) is 17.5 Å². The molecule has 0 aliphatic heterocycles. The summed E-state index contributed by atoms with van der Waals surface area (Å²) in [5, 5.41) is 12.5. The predicted octanol–water partition coefficient (Wildman–Crippen LogP) is 7.21. The van der Waals surface area contributed by atoms with E-state index in [2.05, 4.69) is 33.7 Å². The van der Waals surface area contributed by atoms with Gasteiger partial charge < -0.3 is 10.1 Å². The van der Waals surface area contributed by atoms with Crippen molar-refractivity contribution < 1.29 is 9.53 Å². The zero-order valence-corrected chi connectivity index (χ0v) is 20.2. The second-order valence-corrected chi connectivity index (χ2v) is 9.66. The predicted molar refractivity (Wildman–Crippen MR) is 146 cm³/mol. The summed E-state index contributed by atoms with van der Waals surface area (Å²) < 4.78 is 7.07. The van der Waals surface area contributed by atoms with Gasteiger partial charge in [0.2, 0.25) is 0 Å². The van der Waals surface area contributed by atoms with Gasteiger partial charge in [-0.25, -0.2) is 0 Å². The van der Waals surface area contributed by atoms with Gasteiger partial charge in [0.15, 0.2) is 0 Å². The average Bonchev–Trinajstić information content (AvgIpc) is 3.57. The summed E-state index contributed by atoms with van der Waals surface area (Å²) in [6.45, 7) is 0.541. The lowest BCUT2D eigenvalue weighted by Crippen LogP contribution is -2.25. The van der Waals surface area contributed by atoms with Crippen LogP contribution in [0.25, 0.3) is 31.4 Å². The molecule has 0 aliphatic carbocycles. The molecule has 0 spiro atoms. The average molecular weight is 490 g/mol. The maximum absolute atomic E-state index is 13.1. The smallest absolute Gasteiger partial charge is 0.251 e. The molecular weight excluding hydrogens is 466 g/mol. The van der Waals surface area contributed by atoms with Crippen molar-refractivity contribution in [2.45, 2.75) is 6.42 Å². The summed E-state index contributed by atoms with van der Waals surface area (Å²) >= 11 is 1.72. The van der Waals surface area contributed by atoms with E-state index in [1.165, 1.54) is 10.1 Å². The molecule has 2 N–H and O–H groups in total. The van der Waals surface area contributed by atoms with Crippen LogP contribution in [0.4, 0.5) is 0 Å². The molecule has 1 amide bonds. The number of aromatic nitrogens is 2. The van der Waals surface area contributed by atoms with E-state index in [0.29, 0.717) is 12.1 Å². The highest BCUT2D eigenvalue weighted by molar-refractivity contribution is 7.22. The van der Waals surface area contributed by atoms with Gasteiger partial charge in [-0.1, -0.05) is 48.5 Å². The number of ether oxygens (including phenoxy) is 1. The number of carbonyl (C=O) groups is 1. The van der Waals surface area contributed by atoms with Crippen LogP contribution in [0.2, 0.25) is 0 Å². The number of nitrogens with one attached hydrogen (secondary N) is 2. The lowest BCUT2D eigenvalue weighted by Gasteiger charge is -2.09. The van der Waals surface area contributed by atoms with Gasteiger partial charge in [-0.05, 0) is 65.9 Å². The number of para-hydroxylation sites is 1. The van der Waals surface area contributed by atoms with Crippen molar-refractivity contribution in [2.24, 2.45) is 0 Å². The van der Waals surface area contributed by atoms with Crippen molar-refractivity contribution >= 4 is 38.2 Å². The monoisotopic (exact) mass is 489 g/mol. The Morgan fingerprint density at radius 2 is 1.64 bits per heavy atom. The molecule has 0 aliphatic rings. The molecule has 0 unspecified atom stereocenters. The molecule has 2 aromatic heterocycles. The zero-order valence-electron chi connectivity index (χ0n) is 19.4. The molecule has 176 valence electrons. The number of hydrogen-bond donors (Lipinski definition) is 2. The summed E-state index contributed by atoms with van der Waals surface area (Å²) in [6.07, 6.45) is 2.50. The van der Waals surface area contributed by atoms with E-state index >= 15 is 0 Å². The number of fused-ring (bicyclic) bond motifs is 2. The fourth-order valence-corrected chi connectivity index (χ4v) is 5.35. The normalized spacial score (nSPS) is 11.1. The first-order valence-electron chi connectivity index (χ1n) is 11.8. The van der Waals surface area contributed by atoms with Gasteiger partial charge in [0.1, 0.15) is 11.5 Å². The number of benzene rings is 4. The SMILES string of the molecule is O=C(NCCc1ccc(Oc2ccccc2)cc1)c1cc(-c2cc3ccccc3s2)c2[nH]ncc2c1. The standard InChI is InChI=1S/C30H23N3O2S/c34-30(31-15-14-20-10-12-25(13-11-20)35-24-7-2-1-3-8-24)22-16-23-19-32-33-29(23)26(17-22)28-18-21-6-4-5-9-27(21)36-28/h1-13,16-19H,14-15H2,(H,31,34)(H,32,33). The highest BCUT2D eigenvalue weighted by Gasteiger charge is 2.15. The van der Waals surface area contributed by atoms with Gasteiger partial charge in [-0.15, -0.1) is 11.3 Å². The van der Waals surface area contributed by atoms with Gasteiger partial charge in [0.25, 0.3) is 5.91 Å². The molecule has 4 aromatic carbocycles. The van der Waals surface area contributed by atoms with E-state index in [1.807, 2.05) is 78.9 Å². The Kier molecular flexibility index (Phi) is 5.93. The molecule has 2 heterocycles. The van der Waals surface area contributed by atoms with Crippen LogP contribution in [0, 0.1) is 0 Å². The Labute approximate surface area is 212 Å². The van der Waals surface area contributed by atoms with Crippen LogP contribution in [-0.2, 0) is 6.42 Å². The van der Waals surface area contributed by atoms with Crippen LogP contribution in [0.1, 0.15) is 15.9 Å². The Bertz CT molecular complexity index is 1620. The number of amides is 1. The van der Waals surface area contributed by atoms with Crippen LogP contribution < -0.4 is 10.1 Å². The zero-order chi connectivity index (χ0) is 24.3. The molecule has 5 nitrogen and oxygen atoms in total. The summed E-state index contributed by atoms with van der Waals surface area (Å²) in [5.74, 6) is 1.50. The number of hydrogen-bond acceptors (Lipinski definition) is 4. The number of carbonyl (C=O) groups excluding carboxylic acids is 1. The third-order valence-electron chi connectivity index (χ3n) is 6.10. The number of nitrogens with zero attached hydrogens (tertiary/aromatic N) is 1. The Balaban J connectivity index is 1.15. The van der Waals surface area contributed by atoms with Crippen LogP contribution >= 0.6 is 11.3 Å². The summed E-state index contributed by atoms with van der Waals surface area (Å²) in [5.41, 5.74) is 3.69. The highest BCUT2D eigenvalue weighted by atomic mass is 32.1. The molecule has 0 atom stereocenters. The number of aromatic amines is 1. The third-order valence-corrected chi connectivity index (χ3v) is 7.25. The maximum atomic E-state index is 13.1. The van der Waals surface area contributed by atoms with Crippen LogP contribution in [0.15, 0.2) is 103 Å². The molecule has 6 aromatic rings. The van der Waals surface area contributed by atoms with Gasteiger partial charge in [-0.2, -0.15) is 5.10 Å². The quantitative estimate of drug-likeness (QED) is 0.249. The Morgan fingerprint density at radius 3 is 2.47 bits per heavy atom. The molecule has 36 heavy (non-hydrogen) atoms. The molecule has 0 saturated heterocycles. The highest BCUT2D eigenvalue weighted by Crippen LogP contribution is 2.37. The fourth-order valence-electron chi connectivity index (χ4n) is 4.27. The second kappa shape index (κ2) is 9.68. The summed E-state index contributed by atoms with van der Waals surface area (Å²) in [6, 6.07) is 32.0. The van der Waals surface area contributed by atoms with Crippen LogP contribution in [0.5, 0.6) is 11.5 Å². The Hall–Kier alpha value is -4.42. The van der Waals surface area contributed by atoms with E-state index < -0.39 is 0 Å². The molecule has 0 fully saturated rings. The first-order chi connectivity index (χ1) is 17.7. The number of H-pyrrole nitrogens is 1. The minimum atomic E-state index is -0.0931. The molecular formula is C30H23N3O2S. The topological polar surface area (TPSA) is 67.0 Å². The van der Waals surface area contributed by atoms with Gasteiger partial charge in [0, 0.05) is 32.6 Å². The molecule has 6 heteroatoms. The number of rotatable bonds is 7. The van der Waals surface area contributed by atoms with Crippen molar-refractivity contribution in [3.05, 3.63) is 114 Å². The van der Waals surface area contributed by atoms with Gasteiger partial charge in [-0.3, -0.25) is 9.89 Å². The Morgan fingerprint density at radius 1 is 0.861 bits per heavy atom. The van der Waals surface area contributed by atoms with E-state index in [9.17, 15) is 4.79 Å². The summed E-state index contributed by atoms with van der Waals surface area (Å²) in [7, 11) is 0. The summed E-state index contributed by atoms with van der Waals surface area (Å²) in [4.78, 5) is 14.2. The van der Waals surface area contributed by atoms with E-state index in [4.69, 9.17) is 4.74 Å². The maximum Gasteiger partial charge on any atom is 0.251 e. The van der Waals surface area contributed by atoms with Crippen LogP contribution in [0.3, 0.4) is 0 Å². The second-order valence-electron chi connectivity index (χ2n) is 8.57. The van der Waals surface area contributed by atoms with Crippen molar-refractivity contribution in [1.29, 1.82) is 0 Å². The van der Waals surface area contributed by atoms with Crippen molar-refractivity contribution in [2.75, 3.05) is 6.54 Å². The minimum Gasteiger partial charge on any atom is -0.457 e. The number of thiophene rings is 1. The lowest BCUT2D eigenvalue weighted by atomic mass is 10.0. The van der Waals surface area contributed by atoms with Gasteiger partial charge in [0.05, 0.1) is 11.7 Å². The first kappa shape index (κ1) is 22.1. The molecule has 0 bridgehead atoms. The van der Waals surface area contributed by atoms with Crippen LogP contribution in [-0.4, -0.2) is 22.6 Å². The molecule has 6 rings (SSSR count). The molecule has 0 radical (unpaired) electrons. The van der Waals surface area contributed by atoms with Crippen molar-refractivity contribution in [1.82, 2.24) is 15.5 Å². The first-order valence-corrected chi connectivity index (χ1v) is 12.6. The fraction of sp³-hybridized carbons (Fsp3) is 0.0667. The third kappa shape index (κ3) is 4.59. The minimum absolute atomic E-state index is 0.0931. The van der Waals surface area contributed by atoms with Crippen molar-refractivity contribution in [3.63, 3.8) is 0 Å². The molecule has 0 saturated carbocycles. The van der Waals surface area contributed by atoms with E-state index in [0.717, 1.165) is 44.8 Å². The largest absolute Gasteiger partial charge is 0.457 e. The van der Waals surface area contributed by atoms with Crippen molar-refractivity contribution in [3.8, 4) is 21.9 Å².